The van der Waals surface area contributed by atoms with E-state index in [0.29, 0.717) is 18.1 Å². The van der Waals surface area contributed by atoms with E-state index >= 15 is 0 Å². The maximum absolute atomic E-state index is 12.0. The Balaban J connectivity index is 1.57. The van der Waals surface area contributed by atoms with Crippen LogP contribution < -0.4 is 10.6 Å². The summed E-state index contributed by atoms with van der Waals surface area (Å²) in [5.41, 5.74) is 1.70. The van der Waals surface area contributed by atoms with E-state index in [-0.39, 0.29) is 5.91 Å². The highest BCUT2D eigenvalue weighted by Gasteiger charge is 2.06. The van der Waals surface area contributed by atoms with Gasteiger partial charge in [0, 0.05) is 10.5 Å². The molecule has 0 saturated carbocycles. The summed E-state index contributed by atoms with van der Waals surface area (Å²) in [6.07, 6.45) is 1.92. The summed E-state index contributed by atoms with van der Waals surface area (Å²) in [5, 5.41) is 9.69. The van der Waals surface area contributed by atoms with Crippen molar-refractivity contribution in [2.45, 2.75) is 13.3 Å². The van der Waals surface area contributed by atoms with Crippen molar-refractivity contribution in [3.05, 3.63) is 64.5 Å². The van der Waals surface area contributed by atoms with Gasteiger partial charge < -0.3 is 15.2 Å². The van der Waals surface area contributed by atoms with Crippen molar-refractivity contribution in [3.63, 3.8) is 0 Å². The molecule has 2 N–H and O–H groups in total. The number of benzene rings is 1. The molecule has 2 aromatic heterocycles. The van der Waals surface area contributed by atoms with Crippen LogP contribution in [0.4, 0.5) is 17.3 Å². The Bertz CT molecular complexity index is 829. The number of hydrogen-bond donors (Lipinski definition) is 2. The first-order valence-corrected chi connectivity index (χ1v) is 8.08. The summed E-state index contributed by atoms with van der Waals surface area (Å²) in [6, 6.07) is 13.0. The van der Waals surface area contributed by atoms with Gasteiger partial charge in [0.05, 0.1) is 18.3 Å². The molecule has 6 nitrogen and oxygen atoms in total. The Morgan fingerprint density at radius 1 is 1.17 bits per heavy atom. The van der Waals surface area contributed by atoms with Crippen LogP contribution in [0.15, 0.2) is 57.7 Å². The Hall–Kier alpha value is -2.67. The topological polar surface area (TPSA) is 80.0 Å². The number of pyridine rings is 1. The summed E-state index contributed by atoms with van der Waals surface area (Å²) >= 11 is 3.37. The molecule has 3 aromatic rings. The standard InChI is InChI=1S/C17H15BrN4O2/c1-11-8-16(22-24-11)20-14-6-7-15(19-10-14)21-17(23)9-12-2-4-13(18)5-3-12/h2-8,10H,9H2,1H3,(H,20,22)(H,19,21,23). The molecule has 3 rings (SSSR count). The number of carbonyl (C=O) groups excluding carboxylic acids is 1. The zero-order valence-corrected chi connectivity index (χ0v) is 14.5. The number of nitrogens with one attached hydrogen (secondary N) is 2. The monoisotopic (exact) mass is 386 g/mol. The van der Waals surface area contributed by atoms with Crippen LogP contribution in [0, 0.1) is 6.92 Å². The average molecular weight is 387 g/mol. The molecule has 2 heterocycles. The number of carbonyl (C=O) groups is 1. The zero-order chi connectivity index (χ0) is 16.9. The first-order chi connectivity index (χ1) is 11.6. The SMILES string of the molecule is Cc1cc(Nc2ccc(NC(=O)Cc3ccc(Br)cc3)nc2)no1. The number of nitrogens with zero attached hydrogens (tertiary/aromatic N) is 2. The lowest BCUT2D eigenvalue weighted by molar-refractivity contribution is -0.115. The minimum atomic E-state index is -0.113. The second-order valence-corrected chi connectivity index (χ2v) is 6.15. The zero-order valence-electron chi connectivity index (χ0n) is 12.9. The Morgan fingerprint density at radius 3 is 2.58 bits per heavy atom. The fraction of sp³-hybridized carbons (Fsp3) is 0.118. The van der Waals surface area contributed by atoms with Gasteiger partial charge in [0.25, 0.3) is 0 Å². The van der Waals surface area contributed by atoms with Crippen LogP contribution in [-0.2, 0) is 11.2 Å². The van der Waals surface area contributed by atoms with Crippen molar-refractivity contribution >= 4 is 39.2 Å². The van der Waals surface area contributed by atoms with Gasteiger partial charge in [0.2, 0.25) is 5.91 Å². The summed E-state index contributed by atoms with van der Waals surface area (Å²) < 4.78 is 5.97. The van der Waals surface area contributed by atoms with Gasteiger partial charge in [0.1, 0.15) is 11.6 Å². The van der Waals surface area contributed by atoms with Crippen LogP contribution >= 0.6 is 15.9 Å². The van der Waals surface area contributed by atoms with E-state index < -0.39 is 0 Å². The number of halogens is 1. The average Bonchev–Trinajstić information content (AvgIpc) is 2.96. The van der Waals surface area contributed by atoms with Crippen LogP contribution in [0.25, 0.3) is 0 Å². The largest absolute Gasteiger partial charge is 0.360 e. The van der Waals surface area contributed by atoms with Crippen LogP contribution in [0.1, 0.15) is 11.3 Å². The van der Waals surface area contributed by atoms with E-state index in [0.717, 1.165) is 21.5 Å². The van der Waals surface area contributed by atoms with Crippen LogP contribution in [0.2, 0.25) is 0 Å². The van der Waals surface area contributed by atoms with E-state index in [1.54, 1.807) is 18.3 Å². The molecule has 24 heavy (non-hydrogen) atoms. The molecule has 0 aliphatic rings. The predicted molar refractivity (Wildman–Crippen MR) is 95.2 cm³/mol. The number of hydrogen-bond acceptors (Lipinski definition) is 5. The molecule has 0 atom stereocenters. The third kappa shape index (κ3) is 4.42. The van der Waals surface area contributed by atoms with Crippen LogP contribution in [0.5, 0.6) is 0 Å². The molecule has 1 amide bonds. The third-order valence-corrected chi connectivity index (χ3v) is 3.74. The summed E-state index contributed by atoms with van der Waals surface area (Å²) in [5.74, 6) is 1.72. The van der Waals surface area contributed by atoms with Crippen LogP contribution in [0.3, 0.4) is 0 Å². The number of anilines is 3. The lowest BCUT2D eigenvalue weighted by Crippen LogP contribution is -2.15. The minimum absolute atomic E-state index is 0.113. The molecule has 0 radical (unpaired) electrons. The highest BCUT2D eigenvalue weighted by Crippen LogP contribution is 2.17. The first kappa shape index (κ1) is 16.2. The predicted octanol–water partition coefficient (Wildman–Crippen LogP) is 4.07. The second-order valence-electron chi connectivity index (χ2n) is 5.23. The minimum Gasteiger partial charge on any atom is -0.360 e. The molecule has 122 valence electrons. The maximum atomic E-state index is 12.0. The van der Waals surface area contributed by atoms with Gasteiger partial charge in [-0.25, -0.2) is 4.98 Å². The van der Waals surface area contributed by atoms with Gasteiger partial charge >= 0.3 is 0 Å². The molecular weight excluding hydrogens is 372 g/mol. The molecule has 0 fully saturated rings. The summed E-state index contributed by atoms with van der Waals surface area (Å²) in [7, 11) is 0. The molecular formula is C17H15BrN4O2. The molecule has 0 spiro atoms. The fourth-order valence-electron chi connectivity index (χ4n) is 2.09. The molecule has 0 unspecified atom stereocenters. The third-order valence-electron chi connectivity index (χ3n) is 3.21. The second kappa shape index (κ2) is 7.27. The summed E-state index contributed by atoms with van der Waals surface area (Å²) in [4.78, 5) is 16.3. The molecule has 0 aliphatic heterocycles. The van der Waals surface area contributed by atoms with E-state index in [2.05, 4.69) is 36.7 Å². The number of rotatable bonds is 5. The number of aryl methyl sites for hydroxylation is 1. The highest BCUT2D eigenvalue weighted by atomic mass is 79.9. The van der Waals surface area contributed by atoms with E-state index in [4.69, 9.17) is 4.52 Å². The van der Waals surface area contributed by atoms with Crippen molar-refractivity contribution in [2.24, 2.45) is 0 Å². The van der Waals surface area contributed by atoms with E-state index in [1.165, 1.54) is 0 Å². The van der Waals surface area contributed by atoms with Gasteiger partial charge in [0.15, 0.2) is 5.82 Å². The Labute approximate surface area is 147 Å². The van der Waals surface area contributed by atoms with Gasteiger partial charge in [-0.2, -0.15) is 0 Å². The Kier molecular flexibility index (Phi) is 4.90. The number of aromatic nitrogens is 2. The fourth-order valence-corrected chi connectivity index (χ4v) is 2.35. The van der Waals surface area contributed by atoms with Crippen LogP contribution in [-0.4, -0.2) is 16.0 Å². The lowest BCUT2D eigenvalue weighted by atomic mass is 10.1. The van der Waals surface area contributed by atoms with Crippen molar-refractivity contribution in [1.82, 2.24) is 10.1 Å². The van der Waals surface area contributed by atoms with E-state index in [1.807, 2.05) is 37.3 Å². The first-order valence-electron chi connectivity index (χ1n) is 7.29. The molecule has 0 bridgehead atoms. The normalized spacial score (nSPS) is 10.4. The smallest absolute Gasteiger partial charge is 0.229 e. The van der Waals surface area contributed by atoms with Gasteiger partial charge in [-0.05, 0) is 36.8 Å². The van der Waals surface area contributed by atoms with Gasteiger partial charge in [-0.3, -0.25) is 4.79 Å². The number of amides is 1. The quantitative estimate of drug-likeness (QED) is 0.690. The summed E-state index contributed by atoms with van der Waals surface area (Å²) in [6.45, 7) is 1.82. The molecule has 7 heteroatoms. The highest BCUT2D eigenvalue weighted by molar-refractivity contribution is 9.10. The molecule has 0 saturated heterocycles. The molecule has 1 aromatic carbocycles. The van der Waals surface area contributed by atoms with Gasteiger partial charge in [-0.1, -0.05) is 33.2 Å². The van der Waals surface area contributed by atoms with E-state index in [9.17, 15) is 4.79 Å². The van der Waals surface area contributed by atoms with Crippen molar-refractivity contribution in [2.75, 3.05) is 10.6 Å². The maximum Gasteiger partial charge on any atom is 0.229 e. The Morgan fingerprint density at radius 2 is 1.96 bits per heavy atom. The van der Waals surface area contributed by atoms with Gasteiger partial charge in [-0.15, -0.1) is 0 Å². The van der Waals surface area contributed by atoms with Crippen molar-refractivity contribution in [3.8, 4) is 0 Å². The lowest BCUT2D eigenvalue weighted by Gasteiger charge is -2.06. The molecule has 0 aliphatic carbocycles. The van der Waals surface area contributed by atoms with Crippen molar-refractivity contribution < 1.29 is 9.32 Å². The van der Waals surface area contributed by atoms with Crippen molar-refractivity contribution in [1.29, 1.82) is 0 Å².